The number of esters is 1. The molecule has 0 bridgehead atoms. The van der Waals surface area contributed by atoms with Gasteiger partial charge >= 0.3 is 21.2 Å². The topological polar surface area (TPSA) is 228 Å². The molecule has 0 fully saturated rings. The third kappa shape index (κ3) is 20.2. The summed E-state index contributed by atoms with van der Waals surface area (Å²) in [6.45, 7) is 29.1. The average molecular weight is 1120 g/mol. The Balaban J connectivity index is 1.76. The van der Waals surface area contributed by atoms with Gasteiger partial charge in [0.25, 0.3) is 0 Å². The number of carbonyl (C=O) groups is 5. The zero-order chi connectivity index (χ0) is 58.3. The minimum Gasteiger partial charge on any atom is -0.460 e. The predicted octanol–water partition coefficient (Wildman–Crippen LogP) is 10.7. The number of nitrogens with one attached hydrogen (secondary N) is 3. The van der Waals surface area contributed by atoms with Crippen LogP contribution in [0.2, 0.25) is 0 Å². The van der Waals surface area contributed by atoms with E-state index in [1.165, 1.54) is 13.0 Å². The van der Waals surface area contributed by atoms with Gasteiger partial charge in [-0.25, -0.2) is 0 Å². The fraction of sp³-hybridized carbons (Fsp3) is 0.483. The lowest BCUT2D eigenvalue weighted by atomic mass is 9.81. The number of hydrogen-bond donors (Lipinski definition) is 4. The minimum atomic E-state index is -3.72. The van der Waals surface area contributed by atoms with Crippen molar-refractivity contribution in [2.24, 2.45) is 17.6 Å². The van der Waals surface area contributed by atoms with Crippen LogP contribution in [0.1, 0.15) is 131 Å². The second kappa shape index (κ2) is 27.9. The Labute approximate surface area is 462 Å². The standard InChI is InChI=1S/C60H84N4O12P2/c1-15-22-43(35-46-25-21-24-44-23-19-20-26-49(44)46)39-62-55(68)51(37-52(61)65)63-56(69)60(14,38-41-29-33-47(34-30-41)78(71,72-17-3)73-18-4)64-54(67)50(36-53(66)74-57(5,6)7)48(16-2)45-31-27-42(28-32-45)40-77(70,75-58(8,9)10)76-59(11,12)13/h15-16,19-21,23-34,43,48,50-51H,1-2,17-18,22,35-40H2,3-14H3,(H2,61,65)(H,62,68)(H,63,69)(H,64,67)/t43-,48+,50-,51-,60-/m0/s1. The number of hydrogen-bond acceptors (Lipinski definition) is 12. The first-order valence-corrected chi connectivity index (χ1v) is 29.8. The van der Waals surface area contributed by atoms with Crippen LogP contribution in [0, 0.1) is 11.8 Å². The van der Waals surface area contributed by atoms with Crippen LogP contribution in [0.25, 0.3) is 10.8 Å². The second-order valence-corrected chi connectivity index (χ2v) is 26.7. The summed E-state index contributed by atoms with van der Waals surface area (Å²) in [6, 6.07) is 25.9. The molecule has 16 nitrogen and oxygen atoms in total. The van der Waals surface area contributed by atoms with Gasteiger partial charge in [0.05, 0.1) is 54.6 Å². The van der Waals surface area contributed by atoms with Gasteiger partial charge < -0.3 is 44.5 Å². The summed E-state index contributed by atoms with van der Waals surface area (Å²) in [6.07, 6.45) is 3.14. The van der Waals surface area contributed by atoms with Crippen molar-refractivity contribution in [2.45, 2.75) is 156 Å². The maximum atomic E-state index is 15.2. The zero-order valence-electron chi connectivity index (χ0n) is 47.8. The van der Waals surface area contributed by atoms with Crippen molar-refractivity contribution in [3.05, 3.63) is 139 Å². The third-order valence-electron chi connectivity index (χ3n) is 12.2. The van der Waals surface area contributed by atoms with Crippen LogP contribution in [-0.4, -0.2) is 77.7 Å². The quantitative estimate of drug-likeness (QED) is 0.0226. The molecule has 18 heteroatoms. The number of fused-ring (bicyclic) bond motifs is 1. The third-order valence-corrected chi connectivity index (χ3v) is 16.7. The monoisotopic (exact) mass is 1110 g/mol. The molecule has 4 aromatic rings. The predicted molar refractivity (Wildman–Crippen MR) is 308 cm³/mol. The molecule has 4 rings (SSSR count). The van der Waals surface area contributed by atoms with E-state index < -0.39 is 97.9 Å². The number of primary amides is 1. The molecule has 4 aromatic carbocycles. The van der Waals surface area contributed by atoms with E-state index in [4.69, 9.17) is 28.6 Å². The molecule has 426 valence electrons. The number of rotatable bonds is 29. The molecule has 0 unspecified atom stereocenters. The van der Waals surface area contributed by atoms with Gasteiger partial charge in [0.15, 0.2) is 0 Å². The van der Waals surface area contributed by atoms with Crippen LogP contribution >= 0.6 is 15.2 Å². The summed E-state index contributed by atoms with van der Waals surface area (Å²) in [7, 11) is -7.42. The maximum Gasteiger partial charge on any atom is 0.361 e. The summed E-state index contributed by atoms with van der Waals surface area (Å²) < 4.78 is 56.9. The highest BCUT2D eigenvalue weighted by atomic mass is 31.2. The molecule has 0 aromatic heterocycles. The smallest absolute Gasteiger partial charge is 0.361 e. The van der Waals surface area contributed by atoms with Crippen molar-refractivity contribution in [3.63, 3.8) is 0 Å². The summed E-state index contributed by atoms with van der Waals surface area (Å²) in [5.41, 5.74) is 4.05. The van der Waals surface area contributed by atoms with Crippen LogP contribution in [0.15, 0.2) is 116 Å². The first kappa shape index (κ1) is 64.8. The van der Waals surface area contributed by atoms with Crippen LogP contribution in [0.5, 0.6) is 0 Å². The summed E-state index contributed by atoms with van der Waals surface area (Å²) in [5.74, 6) is -6.08. The Kier molecular flexibility index (Phi) is 23.2. The highest BCUT2D eigenvalue weighted by molar-refractivity contribution is 7.62. The Morgan fingerprint density at radius 2 is 1.28 bits per heavy atom. The van der Waals surface area contributed by atoms with Crippen LogP contribution in [0.3, 0.4) is 0 Å². The van der Waals surface area contributed by atoms with Crippen LogP contribution in [-0.2, 0) is 74.9 Å². The number of allylic oxidation sites excluding steroid dienone is 2. The zero-order valence-corrected chi connectivity index (χ0v) is 49.6. The molecule has 0 aliphatic rings. The van der Waals surface area contributed by atoms with Gasteiger partial charge in [-0.15, -0.1) is 13.2 Å². The molecule has 0 spiro atoms. The Bertz CT molecular complexity index is 2780. The van der Waals surface area contributed by atoms with Crippen LogP contribution < -0.4 is 27.0 Å². The maximum absolute atomic E-state index is 15.2. The van der Waals surface area contributed by atoms with E-state index in [-0.39, 0.29) is 43.6 Å². The van der Waals surface area contributed by atoms with E-state index >= 15 is 9.59 Å². The molecule has 0 radical (unpaired) electrons. The minimum absolute atomic E-state index is 0.0546. The Morgan fingerprint density at radius 1 is 0.705 bits per heavy atom. The average Bonchev–Trinajstić information content (AvgIpc) is 3.33. The number of carbonyl (C=O) groups excluding carboxylic acids is 5. The van der Waals surface area contributed by atoms with Gasteiger partial charge in [0.1, 0.15) is 17.2 Å². The molecule has 4 amide bonds. The van der Waals surface area contributed by atoms with Crippen molar-refractivity contribution >= 4 is 60.9 Å². The van der Waals surface area contributed by atoms with Crippen molar-refractivity contribution in [3.8, 4) is 0 Å². The molecule has 5 N–H and O–H groups in total. The molecular weight excluding hydrogens is 1030 g/mol. The first-order valence-electron chi connectivity index (χ1n) is 26.5. The normalized spacial score (nSPS) is 14.7. The molecule has 0 saturated heterocycles. The van der Waals surface area contributed by atoms with Gasteiger partial charge in [-0.2, -0.15) is 0 Å². The van der Waals surface area contributed by atoms with E-state index in [9.17, 15) is 23.5 Å². The molecular formula is C60H84N4O12P2. The highest BCUT2D eigenvalue weighted by Crippen LogP contribution is 2.57. The van der Waals surface area contributed by atoms with Crippen molar-refractivity contribution in [1.82, 2.24) is 16.0 Å². The summed E-state index contributed by atoms with van der Waals surface area (Å²) in [4.78, 5) is 70.9. The van der Waals surface area contributed by atoms with Gasteiger partial charge in [0, 0.05) is 18.9 Å². The number of ether oxygens (including phenoxy) is 1. The first-order chi connectivity index (χ1) is 36.3. The van der Waals surface area contributed by atoms with Gasteiger partial charge in [-0.05, 0) is 147 Å². The molecule has 78 heavy (non-hydrogen) atoms. The molecule has 0 aliphatic heterocycles. The molecule has 0 heterocycles. The van der Waals surface area contributed by atoms with E-state index in [0.717, 1.165) is 16.3 Å². The largest absolute Gasteiger partial charge is 0.460 e. The van der Waals surface area contributed by atoms with Crippen molar-refractivity contribution < 1.29 is 55.9 Å². The van der Waals surface area contributed by atoms with Crippen molar-refractivity contribution in [1.29, 1.82) is 0 Å². The van der Waals surface area contributed by atoms with Gasteiger partial charge in [-0.3, -0.25) is 33.1 Å². The van der Waals surface area contributed by atoms with E-state index in [0.29, 0.717) is 29.5 Å². The summed E-state index contributed by atoms with van der Waals surface area (Å²) in [5, 5.41) is 11.0. The van der Waals surface area contributed by atoms with Crippen molar-refractivity contribution in [2.75, 3.05) is 19.8 Å². The van der Waals surface area contributed by atoms with E-state index in [1.807, 2.05) is 42.5 Å². The SMILES string of the molecule is C=CC[C@H](CNC(=O)[C@H](CC(N)=O)NC(=O)[C@](C)(Cc1ccc(P(=O)(OCC)OCC)cc1)NC(=O)[C@@H](CC(=O)OC(C)(C)C)[C@H](C=C)c1ccc(CP(=O)(OC(C)(C)C)OC(C)(C)C)cc1)Cc1cccc2ccccc12. The lowest BCUT2D eigenvalue weighted by molar-refractivity contribution is -0.157. The highest BCUT2D eigenvalue weighted by Gasteiger charge is 2.42. The molecule has 5 atom stereocenters. The van der Waals surface area contributed by atoms with Gasteiger partial charge in [-0.1, -0.05) is 91.0 Å². The fourth-order valence-corrected chi connectivity index (χ4v) is 13.2. The summed E-state index contributed by atoms with van der Waals surface area (Å²) >= 11 is 0. The molecule has 0 aliphatic carbocycles. The lowest BCUT2D eigenvalue weighted by Gasteiger charge is -2.34. The number of benzene rings is 4. The van der Waals surface area contributed by atoms with Gasteiger partial charge in [0.2, 0.25) is 23.6 Å². The second-order valence-electron chi connectivity index (χ2n) is 22.7. The fourth-order valence-electron chi connectivity index (χ4n) is 9.09. The number of amides is 4. The lowest BCUT2D eigenvalue weighted by Crippen LogP contribution is -2.63. The number of nitrogens with two attached hydrogens (primary N) is 1. The molecule has 0 saturated carbocycles. The Morgan fingerprint density at radius 3 is 1.82 bits per heavy atom. The van der Waals surface area contributed by atoms with Crippen LogP contribution in [0.4, 0.5) is 0 Å². The van der Waals surface area contributed by atoms with E-state index in [2.05, 4.69) is 29.1 Å². The Hall–Kier alpha value is -5.73. The van der Waals surface area contributed by atoms with E-state index in [1.54, 1.807) is 131 Å².